The molecule has 1 saturated carbocycles. The van der Waals surface area contributed by atoms with E-state index in [1.165, 1.54) is 25.8 Å². The summed E-state index contributed by atoms with van der Waals surface area (Å²) in [7, 11) is 0. The van der Waals surface area contributed by atoms with Gasteiger partial charge in [0.1, 0.15) is 12.1 Å². The van der Waals surface area contributed by atoms with E-state index in [2.05, 4.69) is 26.9 Å². The first-order valence-electron chi connectivity index (χ1n) is 9.31. The smallest absolute Gasteiger partial charge is 0.150 e. The third kappa shape index (κ3) is 4.07. The Kier molecular flexibility index (Phi) is 4.79. The number of aldehydes is 1. The number of carbonyl (C=O) groups is 1. The second-order valence-corrected chi connectivity index (χ2v) is 7.21. The van der Waals surface area contributed by atoms with Gasteiger partial charge in [0, 0.05) is 43.5 Å². The van der Waals surface area contributed by atoms with E-state index in [1.807, 2.05) is 30.5 Å². The standard InChI is InChI=1S/C21H25N3O/c25-16-18-3-5-19(6-4-18)20-7-8-21(22-15-20)24-13-11-23(12-14-24)10-9-17-1-2-17/h3-8,15-17H,1-2,9-14H2. The minimum atomic E-state index is 0.702. The van der Waals surface area contributed by atoms with Crippen LogP contribution in [0.2, 0.25) is 0 Å². The summed E-state index contributed by atoms with van der Waals surface area (Å²) in [4.78, 5) is 20.4. The lowest BCUT2D eigenvalue weighted by Crippen LogP contribution is -2.47. The highest BCUT2D eigenvalue weighted by molar-refractivity contribution is 5.76. The first kappa shape index (κ1) is 16.3. The number of nitrogens with zero attached hydrogens (tertiary/aromatic N) is 3. The Morgan fingerprint density at radius 2 is 1.68 bits per heavy atom. The van der Waals surface area contributed by atoms with E-state index in [4.69, 9.17) is 0 Å². The van der Waals surface area contributed by atoms with Crippen LogP contribution >= 0.6 is 0 Å². The predicted octanol–water partition coefficient (Wildman–Crippen LogP) is 3.48. The van der Waals surface area contributed by atoms with Crippen molar-refractivity contribution >= 4 is 12.1 Å². The number of carbonyl (C=O) groups excluding carboxylic acids is 1. The fourth-order valence-electron chi connectivity index (χ4n) is 3.47. The molecule has 2 aromatic rings. The van der Waals surface area contributed by atoms with Crippen LogP contribution in [-0.2, 0) is 0 Å². The molecule has 4 rings (SSSR count). The predicted molar refractivity (Wildman–Crippen MR) is 101 cm³/mol. The first-order valence-corrected chi connectivity index (χ1v) is 9.31. The summed E-state index contributed by atoms with van der Waals surface area (Å²) in [5.74, 6) is 2.09. The minimum absolute atomic E-state index is 0.702. The average molecular weight is 335 g/mol. The molecule has 4 heteroatoms. The zero-order valence-corrected chi connectivity index (χ0v) is 14.6. The number of benzene rings is 1. The van der Waals surface area contributed by atoms with Crippen LogP contribution in [0, 0.1) is 5.92 Å². The molecule has 0 unspecified atom stereocenters. The lowest BCUT2D eigenvalue weighted by molar-refractivity contribution is 0.112. The number of hydrogen-bond donors (Lipinski definition) is 0. The van der Waals surface area contributed by atoms with Crippen molar-refractivity contribution < 1.29 is 4.79 Å². The van der Waals surface area contributed by atoms with Crippen molar-refractivity contribution in [2.24, 2.45) is 5.92 Å². The molecule has 0 spiro atoms. The molecule has 0 amide bonds. The molecular weight excluding hydrogens is 310 g/mol. The van der Waals surface area contributed by atoms with Gasteiger partial charge in [-0.2, -0.15) is 0 Å². The third-order valence-electron chi connectivity index (χ3n) is 5.37. The first-order chi connectivity index (χ1) is 12.3. The van der Waals surface area contributed by atoms with Gasteiger partial charge < -0.3 is 4.90 Å². The van der Waals surface area contributed by atoms with Gasteiger partial charge in [0.15, 0.2) is 0 Å². The molecule has 1 aliphatic carbocycles. The molecule has 25 heavy (non-hydrogen) atoms. The number of rotatable bonds is 6. The van der Waals surface area contributed by atoms with Crippen molar-refractivity contribution in [3.8, 4) is 11.1 Å². The average Bonchev–Trinajstić information content (AvgIpc) is 3.52. The number of pyridine rings is 1. The Morgan fingerprint density at radius 3 is 2.28 bits per heavy atom. The van der Waals surface area contributed by atoms with Crippen LogP contribution in [0.1, 0.15) is 29.6 Å². The van der Waals surface area contributed by atoms with Gasteiger partial charge in [0.25, 0.3) is 0 Å². The van der Waals surface area contributed by atoms with Gasteiger partial charge in [-0.15, -0.1) is 0 Å². The van der Waals surface area contributed by atoms with Crippen molar-refractivity contribution in [1.29, 1.82) is 0 Å². The van der Waals surface area contributed by atoms with E-state index in [0.29, 0.717) is 5.56 Å². The molecule has 0 atom stereocenters. The summed E-state index contributed by atoms with van der Waals surface area (Å²) in [5, 5.41) is 0. The molecule has 4 nitrogen and oxygen atoms in total. The van der Waals surface area contributed by atoms with Gasteiger partial charge in [-0.25, -0.2) is 4.98 Å². The van der Waals surface area contributed by atoms with Gasteiger partial charge in [0.05, 0.1) is 0 Å². The second-order valence-electron chi connectivity index (χ2n) is 7.21. The number of piperazine rings is 1. The maximum Gasteiger partial charge on any atom is 0.150 e. The zero-order chi connectivity index (χ0) is 17.1. The van der Waals surface area contributed by atoms with E-state index in [-0.39, 0.29) is 0 Å². The summed E-state index contributed by atoms with van der Waals surface area (Å²) in [5.41, 5.74) is 2.88. The monoisotopic (exact) mass is 335 g/mol. The Balaban J connectivity index is 1.34. The summed E-state index contributed by atoms with van der Waals surface area (Å²) in [6.45, 7) is 5.67. The molecule has 0 radical (unpaired) electrons. The molecule has 0 N–H and O–H groups in total. The Hall–Kier alpha value is -2.20. The van der Waals surface area contributed by atoms with Crippen LogP contribution < -0.4 is 4.90 Å². The number of anilines is 1. The summed E-state index contributed by atoms with van der Waals surface area (Å²) in [6, 6.07) is 11.9. The zero-order valence-electron chi connectivity index (χ0n) is 14.6. The lowest BCUT2D eigenvalue weighted by atomic mass is 10.1. The van der Waals surface area contributed by atoms with Crippen LogP contribution in [-0.4, -0.2) is 48.9 Å². The fraction of sp³-hybridized carbons (Fsp3) is 0.429. The highest BCUT2D eigenvalue weighted by Gasteiger charge is 2.23. The van der Waals surface area contributed by atoms with Gasteiger partial charge in [-0.05, 0) is 36.6 Å². The minimum Gasteiger partial charge on any atom is -0.354 e. The van der Waals surface area contributed by atoms with Crippen molar-refractivity contribution in [1.82, 2.24) is 9.88 Å². The lowest BCUT2D eigenvalue weighted by Gasteiger charge is -2.35. The summed E-state index contributed by atoms with van der Waals surface area (Å²) >= 11 is 0. The van der Waals surface area contributed by atoms with Gasteiger partial charge in [-0.1, -0.05) is 37.1 Å². The Labute approximate surface area is 149 Å². The third-order valence-corrected chi connectivity index (χ3v) is 5.37. The highest BCUT2D eigenvalue weighted by atomic mass is 16.1. The van der Waals surface area contributed by atoms with E-state index in [0.717, 1.165) is 55.3 Å². The molecule has 2 aliphatic rings. The van der Waals surface area contributed by atoms with Crippen LogP contribution in [0.5, 0.6) is 0 Å². The van der Waals surface area contributed by atoms with Crippen LogP contribution in [0.25, 0.3) is 11.1 Å². The van der Waals surface area contributed by atoms with Crippen LogP contribution in [0.3, 0.4) is 0 Å². The molecule has 130 valence electrons. The van der Waals surface area contributed by atoms with Crippen LogP contribution in [0.15, 0.2) is 42.6 Å². The molecule has 2 heterocycles. The quantitative estimate of drug-likeness (QED) is 0.757. The van der Waals surface area contributed by atoms with Crippen molar-refractivity contribution in [3.63, 3.8) is 0 Å². The van der Waals surface area contributed by atoms with E-state index in [1.54, 1.807) is 0 Å². The van der Waals surface area contributed by atoms with Crippen molar-refractivity contribution in [3.05, 3.63) is 48.2 Å². The van der Waals surface area contributed by atoms with E-state index in [9.17, 15) is 4.79 Å². The Morgan fingerprint density at radius 1 is 0.960 bits per heavy atom. The molecule has 2 fully saturated rings. The summed E-state index contributed by atoms with van der Waals surface area (Å²) < 4.78 is 0. The molecule has 0 bridgehead atoms. The molecule has 1 saturated heterocycles. The van der Waals surface area contributed by atoms with E-state index < -0.39 is 0 Å². The Bertz CT molecular complexity index is 699. The van der Waals surface area contributed by atoms with Crippen molar-refractivity contribution in [2.45, 2.75) is 19.3 Å². The number of hydrogen-bond acceptors (Lipinski definition) is 4. The van der Waals surface area contributed by atoms with Gasteiger partial charge in [-0.3, -0.25) is 9.69 Å². The van der Waals surface area contributed by atoms with Gasteiger partial charge in [0.2, 0.25) is 0 Å². The van der Waals surface area contributed by atoms with Gasteiger partial charge >= 0.3 is 0 Å². The second kappa shape index (κ2) is 7.36. The topological polar surface area (TPSA) is 36.4 Å². The molecular formula is C21H25N3O. The SMILES string of the molecule is O=Cc1ccc(-c2ccc(N3CCN(CCC4CC4)CC3)nc2)cc1. The summed E-state index contributed by atoms with van der Waals surface area (Å²) in [6.07, 6.45) is 7.10. The largest absolute Gasteiger partial charge is 0.354 e. The normalized spacial score (nSPS) is 18.3. The molecule has 1 aromatic carbocycles. The van der Waals surface area contributed by atoms with E-state index >= 15 is 0 Å². The number of aromatic nitrogens is 1. The van der Waals surface area contributed by atoms with Crippen molar-refractivity contribution in [2.75, 3.05) is 37.6 Å². The molecule has 1 aliphatic heterocycles. The maximum absolute atomic E-state index is 10.8. The molecule has 1 aromatic heterocycles. The van der Waals surface area contributed by atoms with Crippen LogP contribution in [0.4, 0.5) is 5.82 Å². The highest BCUT2D eigenvalue weighted by Crippen LogP contribution is 2.32. The fourth-order valence-corrected chi connectivity index (χ4v) is 3.47. The maximum atomic E-state index is 10.8.